The third kappa shape index (κ3) is 5.33. The molecule has 6 heteroatoms. The largest absolute Gasteiger partial charge is 0.491 e. The zero-order valence-electron chi connectivity index (χ0n) is 11.5. The summed E-state index contributed by atoms with van der Waals surface area (Å²) in [4.78, 5) is 11.3. The number of alkyl halides is 3. The van der Waals surface area contributed by atoms with Gasteiger partial charge in [0.15, 0.2) is 0 Å². The summed E-state index contributed by atoms with van der Waals surface area (Å²) in [7, 11) is 0. The van der Waals surface area contributed by atoms with E-state index in [1.807, 2.05) is 6.92 Å². The molecule has 3 nitrogen and oxygen atoms in total. The Morgan fingerprint density at radius 3 is 2.75 bits per heavy atom. The Morgan fingerprint density at radius 1 is 1.45 bits per heavy atom. The second-order valence-corrected chi connectivity index (χ2v) is 4.76. The van der Waals surface area contributed by atoms with Gasteiger partial charge >= 0.3 is 0 Å². The number of anilines is 1. The Morgan fingerprint density at radius 2 is 2.15 bits per heavy atom. The van der Waals surface area contributed by atoms with Crippen molar-refractivity contribution >= 4 is 23.2 Å². The molecule has 0 aliphatic rings. The number of hydrogen-bond donors (Lipinski definition) is 1. The molecule has 0 aliphatic heterocycles. The lowest BCUT2D eigenvalue weighted by Gasteiger charge is -2.16. The number of ether oxygens (including phenoxy) is 1. The molecule has 0 radical (unpaired) electrons. The van der Waals surface area contributed by atoms with Gasteiger partial charge in [0.05, 0.1) is 12.3 Å². The summed E-state index contributed by atoms with van der Waals surface area (Å²) < 4.78 is 31.6. The van der Waals surface area contributed by atoms with Gasteiger partial charge in [-0.3, -0.25) is 4.79 Å². The zero-order chi connectivity index (χ0) is 15.2. The number of nitrogens with one attached hydrogen (secondary N) is 1. The monoisotopic (exact) mass is 305 g/mol. The number of benzene rings is 1. The number of carbonyl (C=O) groups is 1. The predicted molar refractivity (Wildman–Crippen MR) is 75.9 cm³/mol. The molecule has 0 saturated carbocycles. The van der Waals surface area contributed by atoms with Crippen molar-refractivity contribution in [3.05, 3.63) is 23.8 Å². The van der Waals surface area contributed by atoms with E-state index in [4.69, 9.17) is 16.3 Å². The average Bonchev–Trinajstić information content (AvgIpc) is 2.41. The first-order valence-electron chi connectivity index (χ1n) is 6.35. The van der Waals surface area contributed by atoms with Crippen molar-refractivity contribution in [3.8, 4) is 5.75 Å². The molecular formula is C14H18ClF2NO2. The minimum atomic E-state index is -2.73. The zero-order valence-corrected chi connectivity index (χ0v) is 12.3. The molecule has 1 rings (SSSR count). The molecule has 0 fully saturated rings. The molecule has 0 aliphatic carbocycles. The number of rotatable bonds is 7. The first-order valence-corrected chi connectivity index (χ1v) is 6.88. The molecule has 0 spiro atoms. The van der Waals surface area contributed by atoms with Crippen molar-refractivity contribution in [2.24, 2.45) is 0 Å². The minimum absolute atomic E-state index is 0.117. The van der Waals surface area contributed by atoms with E-state index in [-0.39, 0.29) is 31.2 Å². The number of aryl methyl sites for hydroxylation is 1. The molecule has 1 amide bonds. The van der Waals surface area contributed by atoms with E-state index >= 15 is 0 Å². The standard InChI is InChI=1S/C14H18ClF2NO2/c1-3-14(16,17)6-7-20-12-5-4-10(2)8-11(12)18-13(19)9-15/h4-5,8H,3,6-7,9H2,1-2H3,(H,18,19). The minimum Gasteiger partial charge on any atom is -0.491 e. The van der Waals surface area contributed by atoms with E-state index in [0.29, 0.717) is 11.4 Å². The van der Waals surface area contributed by atoms with E-state index in [9.17, 15) is 13.6 Å². The highest BCUT2D eigenvalue weighted by molar-refractivity contribution is 6.29. The maximum absolute atomic E-state index is 13.1. The SMILES string of the molecule is CCC(F)(F)CCOc1ccc(C)cc1NC(=O)CCl. The van der Waals surface area contributed by atoms with Gasteiger partial charge in [0.2, 0.25) is 5.91 Å². The normalized spacial score (nSPS) is 11.2. The summed E-state index contributed by atoms with van der Waals surface area (Å²) in [5.74, 6) is -2.92. The van der Waals surface area contributed by atoms with Gasteiger partial charge < -0.3 is 10.1 Å². The van der Waals surface area contributed by atoms with Gasteiger partial charge in [-0.15, -0.1) is 11.6 Å². The second-order valence-electron chi connectivity index (χ2n) is 4.49. The Balaban J connectivity index is 2.71. The van der Waals surface area contributed by atoms with Crippen LogP contribution in [0.5, 0.6) is 5.75 Å². The molecule has 1 aromatic rings. The predicted octanol–water partition coefficient (Wildman–Crippen LogP) is 3.99. The van der Waals surface area contributed by atoms with Crippen molar-refractivity contribution in [2.45, 2.75) is 32.6 Å². The van der Waals surface area contributed by atoms with Crippen LogP contribution in [0.2, 0.25) is 0 Å². The summed E-state index contributed by atoms with van der Waals surface area (Å²) >= 11 is 5.42. The number of hydrogen-bond acceptors (Lipinski definition) is 2. The quantitative estimate of drug-likeness (QED) is 0.774. The van der Waals surface area contributed by atoms with Crippen LogP contribution in [0.25, 0.3) is 0 Å². The van der Waals surface area contributed by atoms with Crippen molar-refractivity contribution in [3.63, 3.8) is 0 Å². The van der Waals surface area contributed by atoms with Gasteiger partial charge in [0.25, 0.3) is 5.92 Å². The van der Waals surface area contributed by atoms with Crippen LogP contribution in [0.4, 0.5) is 14.5 Å². The lowest BCUT2D eigenvalue weighted by atomic mass is 10.2. The van der Waals surface area contributed by atoms with Gasteiger partial charge in [-0.1, -0.05) is 13.0 Å². The van der Waals surface area contributed by atoms with Crippen LogP contribution >= 0.6 is 11.6 Å². The molecule has 0 bridgehead atoms. The highest BCUT2D eigenvalue weighted by atomic mass is 35.5. The Bertz CT molecular complexity index is 466. The summed E-state index contributed by atoms with van der Waals surface area (Å²) in [6.07, 6.45) is -0.583. The van der Waals surface area contributed by atoms with E-state index in [2.05, 4.69) is 5.32 Å². The number of carbonyl (C=O) groups excluding carboxylic acids is 1. The molecule has 1 N–H and O–H groups in total. The Kier molecular flexibility index (Phi) is 6.20. The molecular weight excluding hydrogens is 288 g/mol. The van der Waals surface area contributed by atoms with Crippen molar-refractivity contribution in [2.75, 3.05) is 17.8 Å². The number of amides is 1. The lowest BCUT2D eigenvalue weighted by molar-refractivity contribution is -0.113. The van der Waals surface area contributed by atoms with Gasteiger partial charge in [-0.05, 0) is 24.6 Å². The van der Waals surface area contributed by atoms with Crippen molar-refractivity contribution < 1.29 is 18.3 Å². The molecule has 0 atom stereocenters. The molecule has 1 aromatic carbocycles. The molecule has 0 heterocycles. The second kappa shape index (κ2) is 7.43. The van der Waals surface area contributed by atoms with Crippen molar-refractivity contribution in [1.29, 1.82) is 0 Å². The van der Waals surface area contributed by atoms with E-state index in [0.717, 1.165) is 5.56 Å². The molecule has 112 valence electrons. The average molecular weight is 306 g/mol. The van der Waals surface area contributed by atoms with Crippen LogP contribution in [0, 0.1) is 6.92 Å². The topological polar surface area (TPSA) is 38.3 Å². The van der Waals surface area contributed by atoms with Crippen molar-refractivity contribution in [1.82, 2.24) is 0 Å². The van der Waals surface area contributed by atoms with E-state index < -0.39 is 5.92 Å². The van der Waals surface area contributed by atoms with Crippen LogP contribution in [0.15, 0.2) is 18.2 Å². The van der Waals surface area contributed by atoms with Crippen LogP contribution in [-0.4, -0.2) is 24.3 Å². The fraction of sp³-hybridized carbons (Fsp3) is 0.500. The Hall–Kier alpha value is -1.36. The van der Waals surface area contributed by atoms with Gasteiger partial charge in [-0.25, -0.2) is 8.78 Å². The van der Waals surface area contributed by atoms with Gasteiger partial charge in [0, 0.05) is 12.8 Å². The molecule has 0 saturated heterocycles. The first kappa shape index (κ1) is 16.7. The fourth-order valence-electron chi connectivity index (χ4n) is 1.54. The van der Waals surface area contributed by atoms with Crippen LogP contribution in [-0.2, 0) is 4.79 Å². The number of halogens is 3. The summed E-state index contributed by atoms with van der Waals surface area (Å²) in [6.45, 7) is 3.16. The summed E-state index contributed by atoms with van der Waals surface area (Å²) in [6, 6.07) is 5.13. The van der Waals surface area contributed by atoms with Gasteiger partial charge in [-0.2, -0.15) is 0 Å². The molecule has 20 heavy (non-hydrogen) atoms. The lowest BCUT2D eigenvalue weighted by Crippen LogP contribution is -2.19. The highest BCUT2D eigenvalue weighted by Crippen LogP contribution is 2.28. The maximum Gasteiger partial charge on any atom is 0.251 e. The highest BCUT2D eigenvalue weighted by Gasteiger charge is 2.25. The molecule has 0 unspecified atom stereocenters. The smallest absolute Gasteiger partial charge is 0.251 e. The van der Waals surface area contributed by atoms with E-state index in [1.165, 1.54) is 6.92 Å². The molecule has 0 aromatic heterocycles. The Labute approximate surface area is 122 Å². The van der Waals surface area contributed by atoms with E-state index in [1.54, 1.807) is 18.2 Å². The van der Waals surface area contributed by atoms with Crippen LogP contribution in [0.3, 0.4) is 0 Å². The van der Waals surface area contributed by atoms with Gasteiger partial charge in [0.1, 0.15) is 11.6 Å². The van der Waals surface area contributed by atoms with Crippen LogP contribution in [0.1, 0.15) is 25.3 Å². The fourth-order valence-corrected chi connectivity index (χ4v) is 1.60. The summed E-state index contributed by atoms with van der Waals surface area (Å²) in [5, 5.41) is 2.58. The maximum atomic E-state index is 13.1. The summed E-state index contributed by atoms with van der Waals surface area (Å²) in [5.41, 5.74) is 1.36. The first-order chi connectivity index (χ1) is 9.38. The van der Waals surface area contributed by atoms with Crippen LogP contribution < -0.4 is 10.1 Å². The third-order valence-electron chi connectivity index (χ3n) is 2.77. The third-order valence-corrected chi connectivity index (χ3v) is 3.02.